The molecular formula is C13H19FN2O3S2. The third kappa shape index (κ3) is 6.45. The Labute approximate surface area is 128 Å². The van der Waals surface area contributed by atoms with Crippen LogP contribution in [0.4, 0.5) is 10.1 Å². The molecular weight excluding hydrogens is 315 g/mol. The highest BCUT2D eigenvalue weighted by Gasteiger charge is 2.23. The van der Waals surface area contributed by atoms with Crippen LogP contribution >= 0.6 is 11.8 Å². The number of carbonyl (C=O) groups is 1. The Hall–Kier alpha value is -1.12. The molecule has 0 radical (unpaired) electrons. The van der Waals surface area contributed by atoms with E-state index < -0.39 is 27.8 Å². The molecule has 0 spiro atoms. The Morgan fingerprint density at radius 1 is 1.33 bits per heavy atom. The Bertz CT molecular complexity index is 561. The summed E-state index contributed by atoms with van der Waals surface area (Å²) in [6, 6.07) is 4.46. The van der Waals surface area contributed by atoms with E-state index in [1.807, 2.05) is 6.26 Å². The van der Waals surface area contributed by atoms with Crippen LogP contribution in [0, 0.1) is 5.82 Å². The number of thioether (sulfide) groups is 1. The van der Waals surface area contributed by atoms with Crippen molar-refractivity contribution >= 4 is 33.4 Å². The number of rotatable bonds is 8. The van der Waals surface area contributed by atoms with E-state index in [-0.39, 0.29) is 5.75 Å². The summed E-state index contributed by atoms with van der Waals surface area (Å²) >= 11 is 1.52. The molecule has 21 heavy (non-hydrogen) atoms. The molecule has 0 bridgehead atoms. The minimum atomic E-state index is -3.47. The molecule has 1 rings (SSSR count). The number of hydrogen-bond acceptors (Lipinski definition) is 4. The highest BCUT2D eigenvalue weighted by molar-refractivity contribution is 7.98. The molecule has 0 saturated carbocycles. The number of carbonyl (C=O) groups excluding carboxylic acids is 1. The summed E-state index contributed by atoms with van der Waals surface area (Å²) in [5.74, 6) is -0.299. The molecule has 5 nitrogen and oxygen atoms in total. The number of hydrogen-bond donors (Lipinski definition) is 2. The average molecular weight is 334 g/mol. The summed E-state index contributed by atoms with van der Waals surface area (Å²) in [7, 11) is -3.47. The molecule has 0 heterocycles. The van der Waals surface area contributed by atoms with Crippen LogP contribution in [-0.2, 0) is 14.8 Å². The maximum Gasteiger partial charge on any atom is 0.242 e. The fourth-order valence-corrected chi connectivity index (χ4v) is 2.84. The van der Waals surface area contributed by atoms with E-state index in [0.29, 0.717) is 17.9 Å². The number of nitrogens with one attached hydrogen (secondary N) is 2. The molecule has 1 amide bonds. The number of sulfonamides is 1. The molecule has 1 atom stereocenters. The lowest BCUT2D eigenvalue weighted by Gasteiger charge is -2.17. The molecule has 118 valence electrons. The molecule has 0 aliphatic carbocycles. The second-order valence-corrected chi connectivity index (χ2v) is 7.38. The highest BCUT2D eigenvalue weighted by atomic mass is 32.2. The molecule has 0 aromatic heterocycles. The lowest BCUT2D eigenvalue weighted by molar-refractivity contribution is -0.117. The number of halogens is 1. The van der Waals surface area contributed by atoms with E-state index in [2.05, 4.69) is 10.0 Å². The Morgan fingerprint density at radius 3 is 2.48 bits per heavy atom. The van der Waals surface area contributed by atoms with E-state index >= 15 is 0 Å². The maximum atomic E-state index is 12.8. The van der Waals surface area contributed by atoms with Crippen LogP contribution in [-0.4, -0.2) is 38.1 Å². The van der Waals surface area contributed by atoms with Crippen molar-refractivity contribution in [1.82, 2.24) is 4.72 Å². The largest absolute Gasteiger partial charge is 0.325 e. The third-order valence-electron chi connectivity index (χ3n) is 2.74. The predicted octanol–water partition coefficient (Wildman–Crippen LogP) is 1.83. The van der Waals surface area contributed by atoms with Crippen molar-refractivity contribution < 1.29 is 17.6 Å². The van der Waals surface area contributed by atoms with Crippen molar-refractivity contribution in [3.05, 3.63) is 30.1 Å². The molecule has 0 aliphatic heterocycles. The van der Waals surface area contributed by atoms with E-state index in [4.69, 9.17) is 0 Å². The van der Waals surface area contributed by atoms with Gasteiger partial charge in [0.05, 0.1) is 5.75 Å². The van der Waals surface area contributed by atoms with Gasteiger partial charge in [-0.2, -0.15) is 11.8 Å². The minimum Gasteiger partial charge on any atom is -0.325 e. The highest BCUT2D eigenvalue weighted by Crippen LogP contribution is 2.10. The molecule has 0 aliphatic rings. The second-order valence-electron chi connectivity index (χ2n) is 4.35. The van der Waals surface area contributed by atoms with Gasteiger partial charge in [-0.25, -0.2) is 17.5 Å². The monoisotopic (exact) mass is 334 g/mol. The van der Waals surface area contributed by atoms with Crippen molar-refractivity contribution in [2.75, 3.05) is 23.1 Å². The molecule has 0 fully saturated rings. The zero-order valence-corrected chi connectivity index (χ0v) is 13.6. The quantitative estimate of drug-likeness (QED) is 0.760. The molecule has 1 aromatic rings. The number of benzene rings is 1. The van der Waals surface area contributed by atoms with Gasteiger partial charge in [0.1, 0.15) is 11.9 Å². The Morgan fingerprint density at radius 2 is 1.95 bits per heavy atom. The smallest absolute Gasteiger partial charge is 0.242 e. The molecule has 1 aromatic carbocycles. The molecule has 1 unspecified atom stereocenters. The van der Waals surface area contributed by atoms with E-state index in [1.165, 1.54) is 43.0 Å². The van der Waals surface area contributed by atoms with Crippen molar-refractivity contribution in [3.8, 4) is 0 Å². The number of amides is 1. The lowest BCUT2D eigenvalue weighted by Crippen LogP contribution is -2.44. The van der Waals surface area contributed by atoms with Crippen molar-refractivity contribution in [2.45, 2.75) is 19.4 Å². The van der Waals surface area contributed by atoms with Crippen LogP contribution in [0.2, 0.25) is 0 Å². The molecule has 8 heteroatoms. The molecule has 2 N–H and O–H groups in total. The standard InChI is InChI=1S/C13H19FN2O3S2/c1-3-21(18,19)16-12(8-9-20-2)13(17)15-11-6-4-10(14)5-7-11/h4-7,12,16H,3,8-9H2,1-2H3,(H,15,17). The van der Waals surface area contributed by atoms with Crippen LogP contribution in [0.5, 0.6) is 0 Å². The van der Waals surface area contributed by atoms with Gasteiger partial charge in [0.15, 0.2) is 0 Å². The van der Waals surface area contributed by atoms with Gasteiger partial charge in [-0.3, -0.25) is 4.79 Å². The zero-order valence-electron chi connectivity index (χ0n) is 11.9. The van der Waals surface area contributed by atoms with Crippen LogP contribution in [0.15, 0.2) is 24.3 Å². The Balaban J connectivity index is 2.77. The SMILES string of the molecule is CCS(=O)(=O)NC(CCSC)C(=O)Nc1ccc(F)cc1. The first-order chi connectivity index (χ1) is 9.88. The van der Waals surface area contributed by atoms with E-state index in [1.54, 1.807) is 0 Å². The first-order valence-electron chi connectivity index (χ1n) is 6.43. The lowest BCUT2D eigenvalue weighted by atomic mass is 10.2. The topological polar surface area (TPSA) is 75.3 Å². The maximum absolute atomic E-state index is 12.8. The van der Waals surface area contributed by atoms with Gasteiger partial charge < -0.3 is 5.32 Å². The summed E-state index contributed by atoms with van der Waals surface area (Å²) in [6.45, 7) is 1.51. The normalized spacial score (nSPS) is 12.9. The summed E-state index contributed by atoms with van der Waals surface area (Å²) < 4.78 is 38.4. The van der Waals surface area contributed by atoms with Crippen molar-refractivity contribution in [1.29, 1.82) is 0 Å². The summed E-state index contributed by atoms with van der Waals surface area (Å²) in [6.07, 6.45) is 2.26. The van der Waals surface area contributed by atoms with Crippen molar-refractivity contribution in [3.63, 3.8) is 0 Å². The van der Waals surface area contributed by atoms with Crippen LogP contribution in [0.25, 0.3) is 0 Å². The van der Waals surface area contributed by atoms with E-state index in [9.17, 15) is 17.6 Å². The van der Waals surface area contributed by atoms with Gasteiger partial charge in [0.25, 0.3) is 0 Å². The van der Waals surface area contributed by atoms with Gasteiger partial charge in [-0.15, -0.1) is 0 Å². The zero-order chi connectivity index (χ0) is 15.9. The van der Waals surface area contributed by atoms with Gasteiger partial charge in [0, 0.05) is 5.69 Å². The third-order valence-corrected chi connectivity index (χ3v) is 4.79. The van der Waals surface area contributed by atoms with Crippen LogP contribution in [0.3, 0.4) is 0 Å². The van der Waals surface area contributed by atoms with Crippen molar-refractivity contribution in [2.24, 2.45) is 0 Å². The predicted molar refractivity (Wildman–Crippen MR) is 84.4 cm³/mol. The fraction of sp³-hybridized carbons (Fsp3) is 0.462. The van der Waals surface area contributed by atoms with Gasteiger partial charge in [0.2, 0.25) is 15.9 Å². The Kier molecular flexibility index (Phi) is 7.13. The average Bonchev–Trinajstić information content (AvgIpc) is 2.45. The summed E-state index contributed by atoms with van der Waals surface area (Å²) in [5.41, 5.74) is 0.422. The van der Waals surface area contributed by atoms with Crippen LogP contribution in [0.1, 0.15) is 13.3 Å². The van der Waals surface area contributed by atoms with Gasteiger partial charge >= 0.3 is 0 Å². The minimum absolute atomic E-state index is 0.0907. The first kappa shape index (κ1) is 17.9. The fourth-order valence-electron chi connectivity index (χ4n) is 1.54. The number of anilines is 1. The molecule has 0 saturated heterocycles. The van der Waals surface area contributed by atoms with E-state index in [0.717, 1.165) is 0 Å². The van der Waals surface area contributed by atoms with Gasteiger partial charge in [-0.05, 0) is 49.6 Å². The summed E-state index contributed by atoms with van der Waals surface area (Å²) in [5, 5.41) is 2.58. The summed E-state index contributed by atoms with van der Waals surface area (Å²) in [4.78, 5) is 12.2. The van der Waals surface area contributed by atoms with Crippen LogP contribution < -0.4 is 10.0 Å². The second kappa shape index (κ2) is 8.35. The van der Waals surface area contributed by atoms with Gasteiger partial charge in [-0.1, -0.05) is 0 Å². The first-order valence-corrected chi connectivity index (χ1v) is 9.48.